The number of amides is 1. The molecule has 0 atom stereocenters. The van der Waals surface area contributed by atoms with Crippen molar-refractivity contribution in [3.63, 3.8) is 0 Å². The van der Waals surface area contributed by atoms with Crippen LogP contribution in [0, 0.1) is 0 Å². The van der Waals surface area contributed by atoms with Crippen molar-refractivity contribution in [2.75, 3.05) is 5.75 Å². The maximum absolute atomic E-state index is 13.4. The number of nitrogens with two attached hydrogens (primary N) is 1. The largest absolute Gasteiger partial charge is 0.369 e. The van der Waals surface area contributed by atoms with Gasteiger partial charge in [-0.3, -0.25) is 14.2 Å². The maximum Gasteiger partial charge on any atom is 0.267 e. The van der Waals surface area contributed by atoms with Crippen molar-refractivity contribution in [1.82, 2.24) is 9.55 Å². The van der Waals surface area contributed by atoms with E-state index in [1.807, 2.05) is 0 Å². The van der Waals surface area contributed by atoms with Crippen LogP contribution in [0.3, 0.4) is 0 Å². The first-order chi connectivity index (χ1) is 12.5. The molecule has 1 aliphatic rings. The second-order valence-corrected chi connectivity index (χ2v) is 8.62. The summed E-state index contributed by atoms with van der Waals surface area (Å²) in [5.41, 5.74) is 7.01. The molecule has 0 saturated carbocycles. The van der Waals surface area contributed by atoms with Gasteiger partial charge >= 0.3 is 0 Å². The third-order valence-electron chi connectivity index (χ3n) is 4.39. The van der Waals surface area contributed by atoms with Crippen LogP contribution in [0.4, 0.5) is 0 Å². The number of fused-ring (bicyclic) bond motifs is 3. The van der Waals surface area contributed by atoms with Crippen LogP contribution in [0.25, 0.3) is 15.9 Å². The van der Waals surface area contributed by atoms with Crippen LogP contribution in [0.1, 0.15) is 23.3 Å². The molecule has 26 heavy (non-hydrogen) atoms. The van der Waals surface area contributed by atoms with Crippen molar-refractivity contribution >= 4 is 50.8 Å². The molecule has 0 spiro atoms. The standard InChI is InChI=1S/C18H16ClN3O2S2/c19-10-5-7-11(8-6-10)22-17(24)15-12-3-1-2-4-13(12)26-16(15)21-18(22)25-9-14(20)23/h5-8H,1-4,9H2,(H2,20,23). The van der Waals surface area contributed by atoms with Crippen LogP contribution in [0.2, 0.25) is 5.02 Å². The average Bonchev–Trinajstić information content (AvgIpc) is 2.99. The van der Waals surface area contributed by atoms with E-state index in [0.29, 0.717) is 21.3 Å². The van der Waals surface area contributed by atoms with Crippen molar-refractivity contribution in [1.29, 1.82) is 0 Å². The fourth-order valence-electron chi connectivity index (χ4n) is 3.24. The minimum absolute atomic E-state index is 0.0661. The summed E-state index contributed by atoms with van der Waals surface area (Å²) >= 11 is 8.76. The molecule has 2 heterocycles. The quantitative estimate of drug-likeness (QED) is 0.531. The number of aromatic nitrogens is 2. The number of benzene rings is 1. The Morgan fingerprint density at radius 1 is 1.27 bits per heavy atom. The summed E-state index contributed by atoms with van der Waals surface area (Å²) < 4.78 is 1.56. The van der Waals surface area contributed by atoms with Crippen LogP contribution in [0.15, 0.2) is 34.2 Å². The van der Waals surface area contributed by atoms with Crippen molar-refractivity contribution in [3.8, 4) is 5.69 Å². The Balaban J connectivity index is 1.97. The summed E-state index contributed by atoms with van der Waals surface area (Å²) in [7, 11) is 0. The maximum atomic E-state index is 13.4. The number of hydrogen-bond acceptors (Lipinski definition) is 5. The molecule has 5 nitrogen and oxygen atoms in total. The van der Waals surface area contributed by atoms with Gasteiger partial charge < -0.3 is 5.73 Å². The summed E-state index contributed by atoms with van der Waals surface area (Å²) in [5, 5.41) is 1.78. The zero-order valence-corrected chi connectivity index (χ0v) is 16.2. The molecule has 8 heteroatoms. The summed E-state index contributed by atoms with van der Waals surface area (Å²) in [4.78, 5) is 31.3. The third-order valence-corrected chi connectivity index (χ3v) is 6.79. The van der Waals surface area contributed by atoms with Crippen LogP contribution >= 0.6 is 34.7 Å². The van der Waals surface area contributed by atoms with Crippen LogP contribution in [-0.4, -0.2) is 21.2 Å². The van der Waals surface area contributed by atoms with Gasteiger partial charge in [0.1, 0.15) is 4.83 Å². The second kappa shape index (κ2) is 7.06. The zero-order chi connectivity index (χ0) is 18.3. The average molecular weight is 406 g/mol. The lowest BCUT2D eigenvalue weighted by atomic mass is 9.97. The van der Waals surface area contributed by atoms with Crippen LogP contribution < -0.4 is 11.3 Å². The van der Waals surface area contributed by atoms with Gasteiger partial charge in [-0.25, -0.2) is 4.98 Å². The Hall–Kier alpha value is -1.83. The van der Waals surface area contributed by atoms with Crippen molar-refractivity contribution in [2.45, 2.75) is 30.8 Å². The van der Waals surface area contributed by atoms with Gasteiger partial charge in [0.05, 0.1) is 16.8 Å². The highest BCUT2D eigenvalue weighted by Gasteiger charge is 2.23. The highest BCUT2D eigenvalue weighted by atomic mass is 35.5. The summed E-state index contributed by atoms with van der Waals surface area (Å²) in [6.07, 6.45) is 4.16. The fourth-order valence-corrected chi connectivity index (χ4v) is 5.42. The number of nitrogens with zero attached hydrogens (tertiary/aromatic N) is 2. The molecule has 4 rings (SSSR count). The number of aryl methyl sites for hydroxylation is 2. The minimum Gasteiger partial charge on any atom is -0.369 e. The zero-order valence-electron chi connectivity index (χ0n) is 13.8. The summed E-state index contributed by atoms with van der Waals surface area (Å²) in [6.45, 7) is 0. The predicted molar refractivity (Wildman–Crippen MR) is 107 cm³/mol. The molecule has 1 amide bonds. The number of carbonyl (C=O) groups excluding carboxylic acids is 1. The van der Waals surface area contributed by atoms with Crippen LogP contribution in [-0.2, 0) is 17.6 Å². The molecular formula is C18H16ClN3O2S2. The Morgan fingerprint density at radius 2 is 2.00 bits per heavy atom. The molecule has 0 saturated heterocycles. The molecule has 0 unspecified atom stereocenters. The minimum atomic E-state index is -0.447. The third kappa shape index (κ3) is 3.15. The Labute approximate surface area is 163 Å². The van der Waals surface area contributed by atoms with E-state index in [1.54, 1.807) is 40.2 Å². The highest BCUT2D eigenvalue weighted by Crippen LogP contribution is 2.35. The lowest BCUT2D eigenvalue weighted by Crippen LogP contribution is -2.23. The molecule has 0 fully saturated rings. The van der Waals surface area contributed by atoms with Crippen molar-refractivity contribution in [3.05, 3.63) is 50.1 Å². The smallest absolute Gasteiger partial charge is 0.267 e. The van der Waals surface area contributed by atoms with Gasteiger partial charge in [0.2, 0.25) is 5.91 Å². The number of rotatable bonds is 4. The summed E-state index contributed by atoms with van der Waals surface area (Å²) in [5.74, 6) is -0.381. The highest BCUT2D eigenvalue weighted by molar-refractivity contribution is 7.99. The monoisotopic (exact) mass is 405 g/mol. The van der Waals surface area contributed by atoms with Crippen LogP contribution in [0.5, 0.6) is 0 Å². The molecule has 2 N–H and O–H groups in total. The molecule has 1 aliphatic carbocycles. The van der Waals surface area contributed by atoms with Gasteiger partial charge in [-0.05, 0) is 55.5 Å². The number of thiophene rings is 1. The number of halogens is 1. The normalized spacial score (nSPS) is 13.7. The van der Waals surface area contributed by atoms with Crippen molar-refractivity contribution in [2.24, 2.45) is 5.73 Å². The van der Waals surface area contributed by atoms with E-state index in [0.717, 1.165) is 36.1 Å². The Bertz CT molecular complexity index is 1060. The van der Waals surface area contributed by atoms with E-state index in [9.17, 15) is 9.59 Å². The number of thioether (sulfide) groups is 1. The first-order valence-corrected chi connectivity index (χ1v) is 10.5. The van der Waals surface area contributed by atoms with Gasteiger partial charge in [0.15, 0.2) is 5.16 Å². The SMILES string of the molecule is NC(=O)CSc1nc2sc3c(c2c(=O)n1-c1ccc(Cl)cc1)CCCC3. The molecule has 1 aromatic carbocycles. The molecule has 2 aromatic heterocycles. The van der Waals surface area contributed by atoms with Gasteiger partial charge in [-0.15, -0.1) is 11.3 Å². The van der Waals surface area contributed by atoms with E-state index < -0.39 is 5.91 Å². The van der Waals surface area contributed by atoms with Gasteiger partial charge in [0, 0.05) is 9.90 Å². The number of hydrogen-bond donors (Lipinski definition) is 1. The molecular weight excluding hydrogens is 390 g/mol. The second-order valence-electron chi connectivity index (χ2n) is 6.16. The molecule has 3 aromatic rings. The van der Waals surface area contributed by atoms with E-state index in [-0.39, 0.29) is 11.3 Å². The molecule has 134 valence electrons. The molecule has 0 aliphatic heterocycles. The lowest BCUT2D eigenvalue weighted by Gasteiger charge is -2.13. The Kier molecular flexibility index (Phi) is 4.77. The summed E-state index contributed by atoms with van der Waals surface area (Å²) in [6, 6.07) is 7.03. The first-order valence-electron chi connectivity index (χ1n) is 8.29. The van der Waals surface area contributed by atoms with E-state index in [1.165, 1.54) is 16.6 Å². The fraction of sp³-hybridized carbons (Fsp3) is 0.278. The van der Waals surface area contributed by atoms with Gasteiger partial charge in [-0.2, -0.15) is 0 Å². The van der Waals surface area contributed by atoms with Gasteiger partial charge in [0.25, 0.3) is 5.56 Å². The van der Waals surface area contributed by atoms with Gasteiger partial charge in [-0.1, -0.05) is 23.4 Å². The first kappa shape index (κ1) is 17.6. The van der Waals surface area contributed by atoms with E-state index in [4.69, 9.17) is 22.3 Å². The molecule has 0 radical (unpaired) electrons. The Morgan fingerprint density at radius 3 is 2.73 bits per heavy atom. The van der Waals surface area contributed by atoms with E-state index >= 15 is 0 Å². The molecule has 0 bridgehead atoms. The number of primary amides is 1. The number of carbonyl (C=O) groups is 1. The topological polar surface area (TPSA) is 78.0 Å². The van der Waals surface area contributed by atoms with E-state index in [2.05, 4.69) is 0 Å². The lowest BCUT2D eigenvalue weighted by molar-refractivity contribution is -0.115. The predicted octanol–water partition coefficient (Wildman–Crippen LogP) is 3.56. The van der Waals surface area contributed by atoms with Crippen molar-refractivity contribution < 1.29 is 4.79 Å².